The summed E-state index contributed by atoms with van der Waals surface area (Å²) in [7, 11) is 0. The number of hydrogen-bond acceptors (Lipinski definition) is 3. The number of nitro groups is 1. The molecular formula is C14H19ClN2O2. The highest BCUT2D eigenvalue weighted by molar-refractivity contribution is 6.33. The Balaban J connectivity index is 2.46. The van der Waals surface area contributed by atoms with Crippen molar-refractivity contribution in [3.8, 4) is 0 Å². The molecule has 0 amide bonds. The van der Waals surface area contributed by atoms with E-state index < -0.39 is 0 Å². The standard InChI is InChI=1S/C14H19ClN2O2/c1-3-11-8-12(17(18)19)9-13(15)14(11)16-7-5-4-6-10(16)2/h8-10H,3-7H2,1-2H3/t10-/m1/s1. The molecule has 4 nitrogen and oxygen atoms in total. The lowest BCUT2D eigenvalue weighted by Crippen LogP contribution is -2.38. The Hall–Kier alpha value is -1.29. The molecule has 0 aromatic heterocycles. The molecule has 0 aliphatic carbocycles. The predicted octanol–water partition coefficient (Wildman–Crippen LogP) is 4.19. The molecule has 1 fully saturated rings. The van der Waals surface area contributed by atoms with E-state index in [1.54, 1.807) is 6.07 Å². The van der Waals surface area contributed by atoms with E-state index in [2.05, 4.69) is 11.8 Å². The second-order valence-electron chi connectivity index (χ2n) is 5.08. The highest BCUT2D eigenvalue weighted by Gasteiger charge is 2.24. The van der Waals surface area contributed by atoms with Gasteiger partial charge in [-0.3, -0.25) is 10.1 Å². The van der Waals surface area contributed by atoms with Crippen LogP contribution in [-0.4, -0.2) is 17.5 Å². The number of nitro benzene ring substituents is 1. The van der Waals surface area contributed by atoms with Crippen LogP contribution in [0.3, 0.4) is 0 Å². The number of non-ortho nitro benzene ring substituents is 1. The minimum absolute atomic E-state index is 0.0789. The zero-order valence-electron chi connectivity index (χ0n) is 11.4. The predicted molar refractivity (Wildman–Crippen MR) is 78.1 cm³/mol. The van der Waals surface area contributed by atoms with Crippen molar-refractivity contribution in [2.75, 3.05) is 11.4 Å². The summed E-state index contributed by atoms with van der Waals surface area (Å²) < 4.78 is 0. The van der Waals surface area contributed by atoms with Crippen molar-refractivity contribution in [3.63, 3.8) is 0 Å². The molecule has 0 N–H and O–H groups in total. The van der Waals surface area contributed by atoms with Crippen molar-refractivity contribution in [1.82, 2.24) is 0 Å². The van der Waals surface area contributed by atoms with E-state index in [0.29, 0.717) is 11.1 Å². The van der Waals surface area contributed by atoms with Gasteiger partial charge in [0.1, 0.15) is 0 Å². The summed E-state index contributed by atoms with van der Waals surface area (Å²) in [6, 6.07) is 3.57. The number of anilines is 1. The zero-order chi connectivity index (χ0) is 14.0. The molecule has 19 heavy (non-hydrogen) atoms. The molecule has 1 aliphatic heterocycles. The fourth-order valence-electron chi connectivity index (χ4n) is 2.77. The maximum atomic E-state index is 10.9. The fourth-order valence-corrected chi connectivity index (χ4v) is 3.11. The van der Waals surface area contributed by atoms with Gasteiger partial charge in [-0.1, -0.05) is 18.5 Å². The Morgan fingerprint density at radius 1 is 1.47 bits per heavy atom. The largest absolute Gasteiger partial charge is 0.367 e. The summed E-state index contributed by atoms with van der Waals surface area (Å²) in [5.74, 6) is 0. The molecule has 1 aliphatic rings. The number of halogens is 1. The molecular weight excluding hydrogens is 264 g/mol. The molecule has 1 saturated heterocycles. The molecule has 0 radical (unpaired) electrons. The average molecular weight is 283 g/mol. The van der Waals surface area contributed by atoms with Gasteiger partial charge in [0.15, 0.2) is 0 Å². The molecule has 2 rings (SSSR count). The molecule has 0 spiro atoms. The number of aryl methyl sites for hydroxylation is 1. The first kappa shape index (κ1) is 14.1. The lowest BCUT2D eigenvalue weighted by Gasteiger charge is -2.37. The van der Waals surface area contributed by atoms with Gasteiger partial charge in [-0.2, -0.15) is 0 Å². The van der Waals surface area contributed by atoms with Crippen LogP contribution in [0, 0.1) is 10.1 Å². The van der Waals surface area contributed by atoms with Crippen LogP contribution in [-0.2, 0) is 6.42 Å². The van der Waals surface area contributed by atoms with Crippen LogP contribution in [0.2, 0.25) is 5.02 Å². The van der Waals surface area contributed by atoms with Crippen molar-refractivity contribution in [2.24, 2.45) is 0 Å². The molecule has 0 bridgehead atoms. The van der Waals surface area contributed by atoms with E-state index in [1.807, 2.05) is 6.92 Å². The smallest absolute Gasteiger partial charge is 0.271 e. The van der Waals surface area contributed by atoms with Gasteiger partial charge in [0.2, 0.25) is 0 Å². The second-order valence-corrected chi connectivity index (χ2v) is 5.49. The SMILES string of the molecule is CCc1cc([N+](=O)[O-])cc(Cl)c1N1CCCC[C@H]1C. The van der Waals surface area contributed by atoms with Gasteiger partial charge in [0.05, 0.1) is 15.6 Å². The number of hydrogen-bond donors (Lipinski definition) is 0. The highest BCUT2D eigenvalue weighted by atomic mass is 35.5. The first-order valence-corrected chi connectivity index (χ1v) is 7.15. The minimum atomic E-state index is -0.381. The van der Waals surface area contributed by atoms with E-state index in [-0.39, 0.29) is 10.6 Å². The maximum Gasteiger partial charge on any atom is 0.271 e. The summed E-state index contributed by atoms with van der Waals surface area (Å²) in [6.45, 7) is 5.18. The summed E-state index contributed by atoms with van der Waals surface area (Å²) in [6.07, 6.45) is 4.29. The average Bonchev–Trinajstić information content (AvgIpc) is 2.39. The van der Waals surface area contributed by atoms with E-state index in [9.17, 15) is 10.1 Å². The van der Waals surface area contributed by atoms with Gasteiger partial charge in [-0.05, 0) is 38.2 Å². The van der Waals surface area contributed by atoms with Crippen LogP contribution in [0.4, 0.5) is 11.4 Å². The Labute approximate surface area is 118 Å². The van der Waals surface area contributed by atoms with Crippen LogP contribution >= 0.6 is 11.6 Å². The van der Waals surface area contributed by atoms with Crippen LogP contribution in [0.15, 0.2) is 12.1 Å². The van der Waals surface area contributed by atoms with Crippen molar-refractivity contribution in [3.05, 3.63) is 32.8 Å². The van der Waals surface area contributed by atoms with Crippen LogP contribution < -0.4 is 4.90 Å². The van der Waals surface area contributed by atoms with Crippen LogP contribution in [0.25, 0.3) is 0 Å². The summed E-state index contributed by atoms with van der Waals surface area (Å²) >= 11 is 6.31. The molecule has 0 saturated carbocycles. The van der Waals surface area contributed by atoms with Crippen LogP contribution in [0.1, 0.15) is 38.7 Å². The van der Waals surface area contributed by atoms with Crippen LogP contribution in [0.5, 0.6) is 0 Å². The van der Waals surface area contributed by atoms with E-state index in [4.69, 9.17) is 11.6 Å². The molecule has 1 aromatic carbocycles. The third kappa shape index (κ3) is 2.84. The molecule has 1 heterocycles. The van der Waals surface area contributed by atoms with Gasteiger partial charge < -0.3 is 4.90 Å². The number of rotatable bonds is 3. The van der Waals surface area contributed by atoms with Crippen molar-refractivity contribution < 1.29 is 4.92 Å². The topological polar surface area (TPSA) is 46.4 Å². The first-order chi connectivity index (χ1) is 9.04. The van der Waals surface area contributed by atoms with Gasteiger partial charge >= 0.3 is 0 Å². The number of piperidine rings is 1. The third-order valence-corrected chi connectivity index (χ3v) is 4.10. The maximum absolute atomic E-state index is 10.9. The monoisotopic (exact) mass is 282 g/mol. The van der Waals surface area contributed by atoms with Crippen molar-refractivity contribution in [2.45, 2.75) is 45.6 Å². The third-order valence-electron chi connectivity index (χ3n) is 3.81. The van der Waals surface area contributed by atoms with Gasteiger partial charge in [0, 0.05) is 24.7 Å². The van der Waals surface area contributed by atoms with Crippen molar-refractivity contribution >= 4 is 23.0 Å². The Morgan fingerprint density at radius 3 is 2.79 bits per heavy atom. The van der Waals surface area contributed by atoms with Gasteiger partial charge in [-0.25, -0.2) is 0 Å². The molecule has 5 heteroatoms. The summed E-state index contributed by atoms with van der Waals surface area (Å²) in [5.41, 5.74) is 2.03. The Kier molecular flexibility index (Phi) is 4.30. The number of nitrogens with zero attached hydrogens (tertiary/aromatic N) is 2. The van der Waals surface area contributed by atoms with E-state index >= 15 is 0 Å². The zero-order valence-corrected chi connectivity index (χ0v) is 12.1. The lowest BCUT2D eigenvalue weighted by molar-refractivity contribution is -0.384. The van der Waals surface area contributed by atoms with E-state index in [1.165, 1.54) is 12.5 Å². The lowest BCUT2D eigenvalue weighted by atomic mass is 10.00. The summed E-state index contributed by atoms with van der Waals surface area (Å²) in [4.78, 5) is 12.8. The van der Waals surface area contributed by atoms with Gasteiger partial charge in [-0.15, -0.1) is 0 Å². The second kappa shape index (κ2) is 5.78. The quantitative estimate of drug-likeness (QED) is 0.617. The molecule has 1 aromatic rings. The Bertz CT molecular complexity index is 491. The highest BCUT2D eigenvalue weighted by Crippen LogP contribution is 2.37. The first-order valence-electron chi connectivity index (χ1n) is 6.78. The molecule has 0 unspecified atom stereocenters. The summed E-state index contributed by atoms with van der Waals surface area (Å²) in [5, 5.41) is 11.4. The van der Waals surface area contributed by atoms with Gasteiger partial charge in [0.25, 0.3) is 5.69 Å². The van der Waals surface area contributed by atoms with E-state index in [0.717, 1.165) is 37.1 Å². The Morgan fingerprint density at radius 2 is 2.21 bits per heavy atom. The normalized spacial score (nSPS) is 19.5. The molecule has 1 atom stereocenters. The number of benzene rings is 1. The minimum Gasteiger partial charge on any atom is -0.367 e. The fraction of sp³-hybridized carbons (Fsp3) is 0.571. The molecule has 104 valence electrons. The van der Waals surface area contributed by atoms with Crippen molar-refractivity contribution in [1.29, 1.82) is 0 Å².